The van der Waals surface area contributed by atoms with Gasteiger partial charge in [-0.05, 0) is 28.1 Å². The molecule has 1 heterocycles. The molecule has 116 valence electrons. The van der Waals surface area contributed by atoms with Gasteiger partial charge in [0.05, 0.1) is 10.7 Å². The predicted octanol–water partition coefficient (Wildman–Crippen LogP) is 2.75. The van der Waals surface area contributed by atoms with Gasteiger partial charge < -0.3 is 5.32 Å². The molecule has 0 saturated carbocycles. The van der Waals surface area contributed by atoms with E-state index in [4.69, 9.17) is 11.6 Å². The highest BCUT2D eigenvalue weighted by molar-refractivity contribution is 6.33. The lowest BCUT2D eigenvalue weighted by Gasteiger charge is -2.17. The van der Waals surface area contributed by atoms with Gasteiger partial charge in [-0.25, -0.2) is 4.68 Å². The highest BCUT2D eigenvalue weighted by atomic mass is 35.5. The molecular weight excluding hydrogens is 314 g/mol. The first-order valence-corrected chi connectivity index (χ1v) is 7.43. The Hall–Kier alpha value is -2.73. The second-order valence-corrected chi connectivity index (χ2v) is 5.37. The van der Waals surface area contributed by atoms with Crippen molar-refractivity contribution in [2.24, 2.45) is 0 Å². The summed E-state index contributed by atoms with van der Waals surface area (Å²) >= 11 is 6.10. The van der Waals surface area contributed by atoms with E-state index in [0.29, 0.717) is 17.1 Å². The molecule has 0 aliphatic heterocycles. The number of carbonyl (C=O) groups excluding carboxylic acids is 1. The number of rotatable bonds is 5. The second kappa shape index (κ2) is 7.02. The van der Waals surface area contributed by atoms with Crippen LogP contribution in [-0.2, 0) is 11.2 Å². The van der Waals surface area contributed by atoms with Crippen molar-refractivity contribution < 1.29 is 4.79 Å². The number of para-hydroxylation sites is 1. The molecule has 1 amide bonds. The summed E-state index contributed by atoms with van der Waals surface area (Å²) in [6, 6.07) is 16.2. The van der Waals surface area contributed by atoms with Crippen LogP contribution in [0.15, 0.2) is 60.9 Å². The maximum atomic E-state index is 12.7. The summed E-state index contributed by atoms with van der Waals surface area (Å²) in [5.74, 6) is -0.228. The maximum Gasteiger partial charge on any atom is 0.249 e. The number of halogens is 1. The Morgan fingerprint density at radius 3 is 2.57 bits per heavy atom. The number of amides is 1. The van der Waals surface area contributed by atoms with Gasteiger partial charge in [-0.3, -0.25) is 4.79 Å². The summed E-state index contributed by atoms with van der Waals surface area (Å²) in [4.78, 5) is 12.7. The van der Waals surface area contributed by atoms with Crippen LogP contribution in [0.2, 0.25) is 5.02 Å². The zero-order valence-corrected chi connectivity index (χ0v) is 12.9. The molecule has 6 nitrogen and oxygen atoms in total. The van der Waals surface area contributed by atoms with E-state index >= 15 is 0 Å². The highest BCUT2D eigenvalue weighted by Gasteiger charge is 2.23. The van der Waals surface area contributed by atoms with Crippen LogP contribution in [0.25, 0.3) is 0 Å². The number of aromatic nitrogens is 4. The number of hydrogen-bond donors (Lipinski definition) is 1. The van der Waals surface area contributed by atoms with Crippen LogP contribution in [0, 0.1) is 0 Å². The van der Waals surface area contributed by atoms with Crippen molar-refractivity contribution in [2.45, 2.75) is 12.5 Å². The van der Waals surface area contributed by atoms with E-state index in [2.05, 4.69) is 20.8 Å². The smallest absolute Gasteiger partial charge is 0.249 e. The fourth-order valence-electron chi connectivity index (χ4n) is 2.23. The largest absolute Gasteiger partial charge is 0.323 e. The van der Waals surface area contributed by atoms with E-state index < -0.39 is 6.04 Å². The van der Waals surface area contributed by atoms with Gasteiger partial charge in [-0.1, -0.05) is 54.1 Å². The van der Waals surface area contributed by atoms with Crippen LogP contribution < -0.4 is 5.32 Å². The normalized spacial score (nSPS) is 11.9. The van der Waals surface area contributed by atoms with Crippen molar-refractivity contribution in [1.29, 1.82) is 0 Å². The van der Waals surface area contributed by atoms with Gasteiger partial charge in [0, 0.05) is 6.42 Å². The molecule has 2 aromatic carbocycles. The van der Waals surface area contributed by atoms with Crippen LogP contribution in [0.1, 0.15) is 11.6 Å². The van der Waals surface area contributed by atoms with Crippen LogP contribution in [0.3, 0.4) is 0 Å². The second-order valence-electron chi connectivity index (χ2n) is 4.96. The number of benzene rings is 2. The van der Waals surface area contributed by atoms with Crippen LogP contribution in [-0.4, -0.2) is 26.1 Å². The zero-order chi connectivity index (χ0) is 16.1. The monoisotopic (exact) mass is 327 g/mol. The van der Waals surface area contributed by atoms with Gasteiger partial charge in [0.1, 0.15) is 12.4 Å². The first-order valence-electron chi connectivity index (χ1n) is 7.06. The summed E-state index contributed by atoms with van der Waals surface area (Å²) in [5, 5.41) is 14.4. The number of nitrogens with zero attached hydrogens (tertiary/aromatic N) is 4. The molecular formula is C16H14ClN5O. The predicted molar refractivity (Wildman–Crippen MR) is 87.1 cm³/mol. The Bertz CT molecular complexity index is 776. The molecule has 0 aliphatic rings. The minimum Gasteiger partial charge on any atom is -0.323 e. The first-order chi connectivity index (χ1) is 11.2. The highest BCUT2D eigenvalue weighted by Crippen LogP contribution is 2.22. The third-order valence-corrected chi connectivity index (χ3v) is 3.72. The fourth-order valence-corrected chi connectivity index (χ4v) is 2.42. The lowest BCUT2D eigenvalue weighted by Crippen LogP contribution is -2.28. The summed E-state index contributed by atoms with van der Waals surface area (Å²) in [7, 11) is 0. The number of nitrogens with one attached hydrogen (secondary N) is 1. The van der Waals surface area contributed by atoms with Crippen LogP contribution in [0.5, 0.6) is 0 Å². The Morgan fingerprint density at radius 2 is 1.87 bits per heavy atom. The van der Waals surface area contributed by atoms with Crippen molar-refractivity contribution in [2.75, 3.05) is 5.32 Å². The van der Waals surface area contributed by atoms with E-state index in [1.54, 1.807) is 18.2 Å². The van der Waals surface area contributed by atoms with Gasteiger partial charge in [0.25, 0.3) is 0 Å². The molecule has 1 unspecified atom stereocenters. The molecule has 0 radical (unpaired) electrons. The van der Waals surface area contributed by atoms with Gasteiger partial charge in [0.15, 0.2) is 0 Å². The average Bonchev–Trinajstić information content (AvgIpc) is 3.10. The first kappa shape index (κ1) is 15.2. The van der Waals surface area contributed by atoms with Crippen molar-refractivity contribution in [1.82, 2.24) is 20.2 Å². The summed E-state index contributed by atoms with van der Waals surface area (Å²) in [6.45, 7) is 0. The molecule has 1 aromatic heterocycles. The van der Waals surface area contributed by atoms with Crippen molar-refractivity contribution in [3.05, 3.63) is 71.5 Å². The van der Waals surface area contributed by atoms with E-state index in [9.17, 15) is 4.79 Å². The van der Waals surface area contributed by atoms with E-state index in [0.717, 1.165) is 5.56 Å². The Morgan fingerprint density at radius 1 is 1.13 bits per heavy atom. The van der Waals surface area contributed by atoms with Crippen molar-refractivity contribution >= 4 is 23.2 Å². The van der Waals surface area contributed by atoms with E-state index in [1.807, 2.05) is 36.4 Å². The van der Waals surface area contributed by atoms with Gasteiger partial charge in [-0.15, -0.1) is 5.10 Å². The van der Waals surface area contributed by atoms with E-state index in [-0.39, 0.29) is 5.91 Å². The molecule has 0 saturated heterocycles. The van der Waals surface area contributed by atoms with Gasteiger partial charge >= 0.3 is 0 Å². The minimum atomic E-state index is -0.566. The molecule has 3 rings (SSSR count). The molecule has 0 spiro atoms. The number of tetrazole rings is 1. The third kappa shape index (κ3) is 3.73. The lowest BCUT2D eigenvalue weighted by atomic mass is 10.1. The molecule has 0 fully saturated rings. The molecule has 1 atom stereocenters. The Labute approximate surface area is 138 Å². The van der Waals surface area contributed by atoms with E-state index in [1.165, 1.54) is 11.0 Å². The maximum absolute atomic E-state index is 12.7. The summed E-state index contributed by atoms with van der Waals surface area (Å²) in [6.07, 6.45) is 1.90. The minimum absolute atomic E-state index is 0.228. The molecule has 0 bridgehead atoms. The number of anilines is 1. The Kier molecular flexibility index (Phi) is 4.63. The zero-order valence-electron chi connectivity index (χ0n) is 12.1. The topological polar surface area (TPSA) is 72.7 Å². The molecule has 0 aliphatic carbocycles. The van der Waals surface area contributed by atoms with Crippen LogP contribution >= 0.6 is 11.6 Å². The number of hydrogen-bond acceptors (Lipinski definition) is 4. The van der Waals surface area contributed by atoms with Gasteiger partial charge in [-0.2, -0.15) is 0 Å². The molecule has 3 aromatic rings. The third-order valence-electron chi connectivity index (χ3n) is 3.39. The van der Waals surface area contributed by atoms with Crippen molar-refractivity contribution in [3.63, 3.8) is 0 Å². The summed E-state index contributed by atoms with van der Waals surface area (Å²) < 4.78 is 1.44. The standard InChI is InChI=1S/C16H14ClN5O/c17-13-8-4-5-9-14(13)19-16(23)15(22-11-18-20-21-22)10-12-6-2-1-3-7-12/h1-9,11,15H,10H2,(H,19,23). The fraction of sp³-hybridized carbons (Fsp3) is 0.125. The molecule has 7 heteroatoms. The Balaban J connectivity index is 1.83. The average molecular weight is 328 g/mol. The quantitative estimate of drug-likeness (QED) is 0.782. The SMILES string of the molecule is O=C(Nc1ccccc1Cl)C(Cc1ccccc1)n1cnnn1. The van der Waals surface area contributed by atoms with Gasteiger partial charge in [0.2, 0.25) is 5.91 Å². The lowest BCUT2D eigenvalue weighted by molar-refractivity contribution is -0.119. The summed E-state index contributed by atoms with van der Waals surface area (Å²) in [5.41, 5.74) is 1.58. The number of carbonyl (C=O) groups is 1. The molecule has 23 heavy (non-hydrogen) atoms. The van der Waals surface area contributed by atoms with Crippen LogP contribution in [0.4, 0.5) is 5.69 Å². The molecule has 1 N–H and O–H groups in total. The van der Waals surface area contributed by atoms with Crippen molar-refractivity contribution in [3.8, 4) is 0 Å².